The maximum absolute atomic E-state index is 12.9. The van der Waals surface area contributed by atoms with Crippen LogP contribution in [0.5, 0.6) is 0 Å². The number of esters is 3. The summed E-state index contributed by atoms with van der Waals surface area (Å²) in [5.74, 6) is -0.850. The fraction of sp³-hybridized carbons (Fsp3) is 0.845. The first-order chi connectivity index (χ1) is 38.0. The highest BCUT2D eigenvalue weighted by Gasteiger charge is 2.19. The van der Waals surface area contributed by atoms with E-state index < -0.39 is 6.10 Å². The van der Waals surface area contributed by atoms with E-state index in [2.05, 4.69) is 69.4 Å². The number of hydrogen-bond donors (Lipinski definition) is 0. The van der Waals surface area contributed by atoms with Gasteiger partial charge >= 0.3 is 17.9 Å². The second-order valence-electron chi connectivity index (χ2n) is 23.1. The maximum Gasteiger partial charge on any atom is 0.306 e. The van der Waals surface area contributed by atoms with Crippen LogP contribution in [0.25, 0.3) is 0 Å². The van der Waals surface area contributed by atoms with Gasteiger partial charge in [0.2, 0.25) is 0 Å². The van der Waals surface area contributed by atoms with Crippen molar-refractivity contribution in [3.63, 3.8) is 0 Å². The largest absolute Gasteiger partial charge is 0.462 e. The summed E-state index contributed by atoms with van der Waals surface area (Å²) in [6.07, 6.45) is 82.7. The number of carbonyl (C=O) groups is 3. The van der Waals surface area contributed by atoms with Gasteiger partial charge in [0.25, 0.3) is 0 Å². The van der Waals surface area contributed by atoms with Gasteiger partial charge in [-0.05, 0) is 83.5 Å². The van der Waals surface area contributed by atoms with Gasteiger partial charge in [-0.2, -0.15) is 0 Å². The van der Waals surface area contributed by atoms with Crippen LogP contribution in [0.4, 0.5) is 0 Å². The highest BCUT2D eigenvalue weighted by Crippen LogP contribution is 2.18. The summed E-state index contributed by atoms with van der Waals surface area (Å²) in [7, 11) is 0. The Kier molecular flexibility index (Phi) is 63.6. The molecule has 0 bridgehead atoms. The van der Waals surface area contributed by atoms with Crippen LogP contribution in [0, 0.1) is 0 Å². The first-order valence-electron chi connectivity index (χ1n) is 34.1. The van der Waals surface area contributed by atoms with Gasteiger partial charge in [-0.25, -0.2) is 0 Å². The Morgan fingerprint density at radius 2 is 0.468 bits per heavy atom. The van der Waals surface area contributed by atoms with Gasteiger partial charge in [-0.3, -0.25) is 14.4 Å². The topological polar surface area (TPSA) is 78.9 Å². The molecule has 0 aliphatic rings. The van der Waals surface area contributed by atoms with Crippen molar-refractivity contribution >= 4 is 17.9 Å². The van der Waals surface area contributed by atoms with E-state index in [9.17, 15) is 14.4 Å². The van der Waals surface area contributed by atoms with Crippen molar-refractivity contribution in [2.75, 3.05) is 13.2 Å². The van der Waals surface area contributed by atoms with E-state index in [0.29, 0.717) is 19.3 Å². The van der Waals surface area contributed by atoms with Crippen molar-refractivity contribution in [2.45, 2.75) is 374 Å². The number of carbonyl (C=O) groups excluding carboxylic acids is 3. The number of allylic oxidation sites excluding steroid dienone is 8. The number of rotatable bonds is 63. The summed E-state index contributed by atoms with van der Waals surface area (Å²) in [5.41, 5.74) is 0. The molecule has 1 unspecified atom stereocenters. The number of hydrogen-bond acceptors (Lipinski definition) is 6. The molecule has 0 aromatic rings. The maximum atomic E-state index is 12.9. The van der Waals surface area contributed by atoms with Gasteiger partial charge in [0.1, 0.15) is 13.2 Å². The van der Waals surface area contributed by atoms with Crippen LogP contribution in [0.2, 0.25) is 0 Å². The zero-order chi connectivity index (χ0) is 55.7. The molecule has 0 aromatic carbocycles. The first kappa shape index (κ1) is 74.4. The van der Waals surface area contributed by atoms with Crippen molar-refractivity contribution in [1.82, 2.24) is 0 Å². The molecule has 0 amide bonds. The molecule has 0 saturated heterocycles. The Balaban J connectivity index is 4.22. The van der Waals surface area contributed by atoms with E-state index in [4.69, 9.17) is 14.2 Å². The Morgan fingerprint density at radius 3 is 0.714 bits per heavy atom. The molecule has 0 N–H and O–H groups in total. The second-order valence-corrected chi connectivity index (χ2v) is 23.1. The molecule has 0 saturated carbocycles. The van der Waals surface area contributed by atoms with Crippen LogP contribution < -0.4 is 0 Å². The van der Waals surface area contributed by atoms with Gasteiger partial charge in [-0.15, -0.1) is 0 Å². The highest BCUT2D eigenvalue weighted by molar-refractivity contribution is 5.71. The SMILES string of the molecule is CCCCCCC/C=C\C/C=C\CCCCCCCCCCCCCCCC(=O)OCC(COC(=O)CCCCCCCCCCCCC)OC(=O)CCCCCCCCCCCCC/C=C\C/C=C\CCCCCCC. The van der Waals surface area contributed by atoms with E-state index in [-0.39, 0.29) is 31.1 Å². The normalized spacial score (nSPS) is 12.3. The monoisotopic (exact) mass is 1080 g/mol. The minimum atomic E-state index is -0.773. The van der Waals surface area contributed by atoms with E-state index >= 15 is 0 Å². The third-order valence-electron chi connectivity index (χ3n) is 15.3. The fourth-order valence-corrected chi connectivity index (χ4v) is 10.2. The summed E-state index contributed by atoms with van der Waals surface area (Å²) < 4.78 is 17.0. The van der Waals surface area contributed by atoms with Gasteiger partial charge in [-0.1, -0.05) is 313 Å². The Hall–Kier alpha value is -2.63. The van der Waals surface area contributed by atoms with Gasteiger partial charge in [0, 0.05) is 19.3 Å². The highest BCUT2D eigenvalue weighted by atomic mass is 16.6. The van der Waals surface area contributed by atoms with Crippen LogP contribution in [0.15, 0.2) is 48.6 Å². The summed E-state index contributed by atoms with van der Waals surface area (Å²) in [5, 5.41) is 0. The molecule has 0 rings (SSSR count). The third kappa shape index (κ3) is 64.1. The zero-order valence-electron chi connectivity index (χ0n) is 51.7. The molecule has 0 fully saturated rings. The Labute approximate surface area is 479 Å². The van der Waals surface area contributed by atoms with Crippen LogP contribution >= 0.6 is 0 Å². The third-order valence-corrected chi connectivity index (χ3v) is 15.3. The summed E-state index contributed by atoms with van der Waals surface area (Å²) in [4.78, 5) is 38.3. The Morgan fingerprint density at radius 1 is 0.260 bits per heavy atom. The van der Waals surface area contributed by atoms with Crippen LogP contribution in [-0.4, -0.2) is 37.2 Å². The van der Waals surface area contributed by atoms with Gasteiger partial charge in [0.15, 0.2) is 6.10 Å². The van der Waals surface area contributed by atoms with Crippen molar-refractivity contribution in [3.8, 4) is 0 Å². The fourth-order valence-electron chi connectivity index (χ4n) is 10.2. The average Bonchev–Trinajstić information content (AvgIpc) is 3.43. The molecule has 0 aliphatic heterocycles. The van der Waals surface area contributed by atoms with Crippen molar-refractivity contribution in [3.05, 3.63) is 48.6 Å². The summed E-state index contributed by atoms with van der Waals surface area (Å²) in [6.45, 7) is 6.67. The van der Waals surface area contributed by atoms with E-state index in [1.807, 2.05) is 0 Å². The molecule has 450 valence electrons. The lowest BCUT2D eigenvalue weighted by molar-refractivity contribution is -0.167. The summed E-state index contributed by atoms with van der Waals surface area (Å²) >= 11 is 0. The molecule has 1 atom stereocenters. The van der Waals surface area contributed by atoms with Gasteiger partial charge < -0.3 is 14.2 Å². The molecule has 0 aromatic heterocycles. The first-order valence-corrected chi connectivity index (χ1v) is 34.1. The molecular formula is C71H130O6. The molecule has 6 nitrogen and oxygen atoms in total. The molecule has 6 heteroatoms. The van der Waals surface area contributed by atoms with Crippen LogP contribution in [-0.2, 0) is 28.6 Å². The average molecular weight is 1080 g/mol. The number of ether oxygens (including phenoxy) is 3. The van der Waals surface area contributed by atoms with E-state index in [1.54, 1.807) is 0 Å². The van der Waals surface area contributed by atoms with Gasteiger partial charge in [0.05, 0.1) is 0 Å². The van der Waals surface area contributed by atoms with Crippen molar-refractivity contribution < 1.29 is 28.6 Å². The standard InChI is InChI=1S/C71H130O6/c1-4-7-10-13-16-19-22-24-26-28-30-32-34-35-37-38-40-42-44-46-49-52-55-58-61-64-70(73)76-67-68(66-75-69(72)63-60-57-54-51-48-21-18-15-12-9-6-3)77-71(74)65-62-59-56-53-50-47-45-43-41-39-36-33-31-29-27-25-23-20-17-14-11-8-5-2/h22-25,28-31,68H,4-21,26-27,32-67H2,1-3H3/b24-22-,25-23-,30-28-,31-29-. The molecule has 0 spiro atoms. The van der Waals surface area contributed by atoms with Crippen molar-refractivity contribution in [1.29, 1.82) is 0 Å². The Bertz CT molecular complexity index is 1330. The quantitative estimate of drug-likeness (QED) is 0.0261. The zero-order valence-corrected chi connectivity index (χ0v) is 51.7. The second kappa shape index (κ2) is 65.9. The predicted molar refractivity (Wildman–Crippen MR) is 335 cm³/mol. The van der Waals surface area contributed by atoms with Crippen LogP contribution in [0.3, 0.4) is 0 Å². The summed E-state index contributed by atoms with van der Waals surface area (Å²) in [6, 6.07) is 0. The minimum Gasteiger partial charge on any atom is -0.462 e. The van der Waals surface area contributed by atoms with Crippen molar-refractivity contribution in [2.24, 2.45) is 0 Å². The van der Waals surface area contributed by atoms with Crippen LogP contribution in [0.1, 0.15) is 367 Å². The molecular weight excluding hydrogens is 949 g/mol. The minimum absolute atomic E-state index is 0.0697. The van der Waals surface area contributed by atoms with E-state index in [1.165, 1.54) is 257 Å². The lowest BCUT2D eigenvalue weighted by atomic mass is 10.0. The lowest BCUT2D eigenvalue weighted by Crippen LogP contribution is -2.30. The number of unbranched alkanes of at least 4 members (excludes halogenated alkanes) is 44. The molecule has 0 aliphatic carbocycles. The molecule has 0 heterocycles. The smallest absolute Gasteiger partial charge is 0.306 e. The predicted octanol–water partition coefficient (Wildman–Crippen LogP) is 23.3. The van der Waals surface area contributed by atoms with E-state index in [0.717, 1.165) is 70.6 Å². The molecule has 0 radical (unpaired) electrons. The molecule has 77 heavy (non-hydrogen) atoms. The lowest BCUT2D eigenvalue weighted by Gasteiger charge is -2.18.